The van der Waals surface area contributed by atoms with E-state index in [0.29, 0.717) is 12.0 Å². The van der Waals surface area contributed by atoms with Crippen LogP contribution in [0.25, 0.3) is 0 Å². The Morgan fingerprint density at radius 3 is 2.65 bits per heavy atom. The molecule has 0 aromatic carbocycles. The van der Waals surface area contributed by atoms with Crippen LogP contribution >= 0.6 is 0 Å². The number of carbonyl (C=O) groups is 1. The summed E-state index contributed by atoms with van der Waals surface area (Å²) in [5, 5.41) is 0. The first-order chi connectivity index (χ1) is 12.6. The third-order valence-corrected chi connectivity index (χ3v) is 7.06. The van der Waals surface area contributed by atoms with Gasteiger partial charge < -0.3 is 19.1 Å². The summed E-state index contributed by atoms with van der Waals surface area (Å²) in [6.07, 6.45) is 9.76. The normalized spacial score (nSPS) is 26.4. The number of aryl methyl sites for hydroxylation is 1. The molecule has 3 fully saturated rings. The number of ether oxygens (including phenoxy) is 1. The van der Waals surface area contributed by atoms with E-state index in [-0.39, 0.29) is 11.9 Å². The van der Waals surface area contributed by atoms with Gasteiger partial charge in [-0.25, -0.2) is 0 Å². The largest absolute Gasteiger partial charge is 0.383 e. The molecule has 1 aliphatic carbocycles. The molecule has 1 atom stereocenters. The molecule has 1 amide bonds. The van der Waals surface area contributed by atoms with E-state index in [1.54, 1.807) is 7.11 Å². The molecular weight excluding hydrogens is 326 g/mol. The van der Waals surface area contributed by atoms with Crippen molar-refractivity contribution in [3.63, 3.8) is 0 Å². The van der Waals surface area contributed by atoms with Crippen molar-refractivity contribution >= 4 is 5.91 Å². The Hall–Kier alpha value is -1.33. The number of methoxy groups -OCH3 is 1. The molecular formula is C21H33N3O2. The monoisotopic (exact) mass is 359 g/mol. The molecule has 26 heavy (non-hydrogen) atoms. The number of aromatic nitrogens is 1. The lowest BCUT2D eigenvalue weighted by Gasteiger charge is -2.41. The summed E-state index contributed by atoms with van der Waals surface area (Å²) in [5.74, 6) is 1.11. The molecule has 0 radical (unpaired) electrons. The number of likely N-dealkylation sites (tertiary alicyclic amines) is 2. The van der Waals surface area contributed by atoms with Crippen LogP contribution in [0.2, 0.25) is 0 Å². The second kappa shape index (κ2) is 7.35. The predicted octanol–water partition coefficient (Wildman–Crippen LogP) is 2.77. The smallest absolute Gasteiger partial charge is 0.270 e. The summed E-state index contributed by atoms with van der Waals surface area (Å²) in [4.78, 5) is 17.9. The summed E-state index contributed by atoms with van der Waals surface area (Å²) < 4.78 is 7.40. The van der Waals surface area contributed by atoms with Crippen LogP contribution in [-0.4, -0.2) is 66.2 Å². The van der Waals surface area contributed by atoms with Crippen molar-refractivity contribution in [3.8, 4) is 0 Å². The zero-order chi connectivity index (χ0) is 18.1. The Labute approximate surface area is 157 Å². The van der Waals surface area contributed by atoms with Crippen molar-refractivity contribution < 1.29 is 9.53 Å². The zero-order valence-electron chi connectivity index (χ0n) is 16.3. The van der Waals surface area contributed by atoms with Gasteiger partial charge in [0.25, 0.3) is 5.91 Å². The Bertz CT molecular complexity index is 629. The van der Waals surface area contributed by atoms with Gasteiger partial charge in [0.05, 0.1) is 12.6 Å². The van der Waals surface area contributed by atoms with E-state index in [1.165, 1.54) is 51.7 Å². The highest BCUT2D eigenvalue weighted by atomic mass is 16.5. The predicted molar refractivity (Wildman–Crippen MR) is 102 cm³/mol. The molecule has 1 saturated carbocycles. The number of carbonyl (C=O) groups excluding carboxylic acids is 1. The van der Waals surface area contributed by atoms with Crippen LogP contribution in [0.1, 0.15) is 49.0 Å². The topological polar surface area (TPSA) is 37.7 Å². The van der Waals surface area contributed by atoms with Gasteiger partial charge in [0.2, 0.25) is 0 Å². The molecule has 1 aromatic heterocycles. The molecule has 5 nitrogen and oxygen atoms in total. The Kier molecular flexibility index (Phi) is 5.11. The molecule has 4 rings (SSSR count). The fraction of sp³-hybridized carbons (Fsp3) is 0.762. The average Bonchev–Trinajstić information content (AvgIpc) is 3.17. The van der Waals surface area contributed by atoms with E-state index in [4.69, 9.17) is 4.74 Å². The van der Waals surface area contributed by atoms with Crippen LogP contribution in [0, 0.1) is 11.3 Å². The lowest BCUT2D eigenvalue weighted by molar-refractivity contribution is 0.0590. The van der Waals surface area contributed by atoms with Crippen molar-refractivity contribution in [1.82, 2.24) is 14.4 Å². The molecule has 1 aromatic rings. The van der Waals surface area contributed by atoms with Crippen molar-refractivity contribution in [2.75, 3.05) is 39.9 Å². The minimum Gasteiger partial charge on any atom is -0.383 e. The summed E-state index contributed by atoms with van der Waals surface area (Å²) in [6, 6.07) is 4.09. The fourth-order valence-corrected chi connectivity index (χ4v) is 5.19. The molecule has 3 heterocycles. The van der Waals surface area contributed by atoms with E-state index in [9.17, 15) is 4.79 Å². The van der Waals surface area contributed by atoms with E-state index in [0.717, 1.165) is 24.6 Å². The quantitative estimate of drug-likeness (QED) is 0.811. The zero-order valence-corrected chi connectivity index (χ0v) is 16.3. The highest BCUT2D eigenvalue weighted by Gasteiger charge is 2.47. The first-order valence-corrected chi connectivity index (χ1v) is 10.2. The van der Waals surface area contributed by atoms with Crippen molar-refractivity contribution in [1.29, 1.82) is 0 Å². The van der Waals surface area contributed by atoms with Gasteiger partial charge in [-0.15, -0.1) is 0 Å². The van der Waals surface area contributed by atoms with Crippen LogP contribution < -0.4 is 0 Å². The van der Waals surface area contributed by atoms with E-state index < -0.39 is 0 Å². The van der Waals surface area contributed by atoms with Gasteiger partial charge in [0.15, 0.2) is 0 Å². The molecule has 0 bridgehead atoms. The Morgan fingerprint density at radius 1 is 1.31 bits per heavy atom. The van der Waals surface area contributed by atoms with Gasteiger partial charge in [0, 0.05) is 33.4 Å². The van der Waals surface area contributed by atoms with Crippen LogP contribution in [0.4, 0.5) is 0 Å². The number of rotatable bonds is 5. The number of hydrogen-bond acceptors (Lipinski definition) is 3. The minimum absolute atomic E-state index is 0.160. The molecule has 3 aliphatic rings. The number of nitrogens with zero attached hydrogens (tertiary/aromatic N) is 3. The summed E-state index contributed by atoms with van der Waals surface area (Å²) in [6.45, 7) is 5.22. The van der Waals surface area contributed by atoms with Gasteiger partial charge in [0.1, 0.15) is 5.69 Å². The molecule has 0 N–H and O–H groups in total. The van der Waals surface area contributed by atoms with Gasteiger partial charge in [-0.2, -0.15) is 0 Å². The van der Waals surface area contributed by atoms with Crippen molar-refractivity contribution in [2.24, 2.45) is 18.4 Å². The lowest BCUT2D eigenvalue weighted by Crippen LogP contribution is -2.44. The third kappa shape index (κ3) is 3.44. The number of piperidine rings is 1. The maximum atomic E-state index is 13.1. The van der Waals surface area contributed by atoms with Gasteiger partial charge in [-0.05, 0) is 68.7 Å². The number of hydrogen-bond donors (Lipinski definition) is 0. The van der Waals surface area contributed by atoms with Gasteiger partial charge >= 0.3 is 0 Å². The molecule has 0 unspecified atom stereocenters. The van der Waals surface area contributed by atoms with Gasteiger partial charge in [-0.3, -0.25) is 4.79 Å². The molecule has 5 heteroatoms. The molecule has 1 spiro atoms. The average molecular weight is 360 g/mol. The van der Waals surface area contributed by atoms with Crippen molar-refractivity contribution in [2.45, 2.75) is 44.6 Å². The third-order valence-electron chi connectivity index (χ3n) is 7.06. The molecule has 2 saturated heterocycles. The van der Waals surface area contributed by atoms with E-state index >= 15 is 0 Å². The highest BCUT2D eigenvalue weighted by molar-refractivity contribution is 5.93. The maximum Gasteiger partial charge on any atom is 0.270 e. The van der Waals surface area contributed by atoms with Crippen LogP contribution in [-0.2, 0) is 11.8 Å². The first-order valence-electron chi connectivity index (χ1n) is 10.2. The van der Waals surface area contributed by atoms with E-state index in [1.807, 2.05) is 29.9 Å². The maximum absolute atomic E-state index is 13.1. The summed E-state index contributed by atoms with van der Waals surface area (Å²) in [5.41, 5.74) is 1.07. The fourth-order valence-electron chi connectivity index (χ4n) is 5.19. The minimum atomic E-state index is 0.160. The second-order valence-corrected chi connectivity index (χ2v) is 8.85. The highest BCUT2D eigenvalue weighted by Crippen LogP contribution is 2.44. The van der Waals surface area contributed by atoms with Crippen LogP contribution in [0.5, 0.6) is 0 Å². The standard InChI is InChI=1S/C21H33N3O2/c1-22-10-4-7-19(22)20(25)24-16-21(13-18(24)15-26-2)8-11-23(12-9-21)14-17-5-3-6-17/h4,7,10,17-18H,3,5-6,8-9,11-16H2,1-2H3/t18-/m1/s1. The van der Waals surface area contributed by atoms with Crippen molar-refractivity contribution in [3.05, 3.63) is 24.0 Å². The van der Waals surface area contributed by atoms with Crippen LogP contribution in [0.3, 0.4) is 0 Å². The Morgan fingerprint density at radius 2 is 2.08 bits per heavy atom. The first kappa shape index (κ1) is 18.1. The Balaban J connectivity index is 1.42. The summed E-state index contributed by atoms with van der Waals surface area (Å²) in [7, 11) is 3.70. The summed E-state index contributed by atoms with van der Waals surface area (Å²) >= 11 is 0. The van der Waals surface area contributed by atoms with Crippen LogP contribution in [0.15, 0.2) is 18.3 Å². The van der Waals surface area contributed by atoms with E-state index in [2.05, 4.69) is 9.80 Å². The lowest BCUT2D eigenvalue weighted by atomic mass is 9.76. The SMILES string of the molecule is COC[C@H]1CC2(CCN(CC3CCC3)CC2)CN1C(=O)c1cccn1C. The molecule has 2 aliphatic heterocycles. The molecule has 144 valence electrons. The van der Waals surface area contributed by atoms with Gasteiger partial charge in [-0.1, -0.05) is 6.42 Å². The number of amides is 1. The second-order valence-electron chi connectivity index (χ2n) is 8.85.